The summed E-state index contributed by atoms with van der Waals surface area (Å²) < 4.78 is 28.5. The highest BCUT2D eigenvalue weighted by Gasteiger charge is 2.10. The summed E-state index contributed by atoms with van der Waals surface area (Å²) in [5, 5.41) is 0. The van der Waals surface area contributed by atoms with Crippen LogP contribution in [-0.4, -0.2) is 20.7 Å². The van der Waals surface area contributed by atoms with Gasteiger partial charge in [-0.25, -0.2) is 4.39 Å². The first kappa shape index (κ1) is 19.5. The molecule has 2 aromatic rings. The van der Waals surface area contributed by atoms with Gasteiger partial charge in [0.15, 0.2) is 11.6 Å². The molecule has 2 rings (SSSR count). The Morgan fingerprint density at radius 2 is 1.83 bits per heavy atom. The Morgan fingerprint density at radius 1 is 1.12 bits per heavy atom. The van der Waals surface area contributed by atoms with E-state index in [4.69, 9.17) is 14.3 Å². The maximum atomic E-state index is 13.7. The van der Waals surface area contributed by atoms with Crippen molar-refractivity contribution in [1.29, 1.82) is 0 Å². The molecule has 2 aromatic carbocycles. The van der Waals surface area contributed by atoms with Crippen molar-refractivity contribution in [2.45, 2.75) is 26.9 Å². The molecule has 0 aliphatic heterocycles. The summed E-state index contributed by atoms with van der Waals surface area (Å²) in [7, 11) is 2.94. The van der Waals surface area contributed by atoms with Crippen LogP contribution in [0.1, 0.15) is 23.6 Å². The highest BCUT2D eigenvalue weighted by atomic mass is 19.1. The molecular formula is C19H23FO4. The van der Waals surface area contributed by atoms with Gasteiger partial charge in [-0.15, -0.1) is 0 Å². The Hall–Kier alpha value is -2.56. The molecule has 4 nitrogen and oxygen atoms in total. The van der Waals surface area contributed by atoms with Crippen LogP contribution in [0.25, 0.3) is 0 Å². The largest absolute Gasteiger partial charge is 0.496 e. The smallest absolute Gasteiger partial charge is 0.292 e. The van der Waals surface area contributed by atoms with Crippen molar-refractivity contribution in [2.24, 2.45) is 0 Å². The van der Waals surface area contributed by atoms with E-state index in [0.717, 1.165) is 28.9 Å². The first-order valence-corrected chi connectivity index (χ1v) is 7.57. The minimum atomic E-state index is -0.344. The topological polar surface area (TPSA) is 44.8 Å². The molecule has 0 spiro atoms. The molecule has 24 heavy (non-hydrogen) atoms. The van der Waals surface area contributed by atoms with Crippen LogP contribution in [0, 0.1) is 12.7 Å². The molecule has 0 saturated heterocycles. The lowest BCUT2D eigenvalue weighted by Crippen LogP contribution is -2.03. The van der Waals surface area contributed by atoms with Gasteiger partial charge in [-0.05, 0) is 42.7 Å². The number of carbonyl (C=O) groups is 1. The number of hydrogen-bond acceptors (Lipinski definition) is 4. The van der Waals surface area contributed by atoms with Crippen LogP contribution in [0.15, 0.2) is 36.4 Å². The molecule has 0 aromatic heterocycles. The zero-order valence-corrected chi connectivity index (χ0v) is 14.5. The van der Waals surface area contributed by atoms with Gasteiger partial charge in [0.25, 0.3) is 6.47 Å². The molecule has 0 radical (unpaired) electrons. The summed E-state index contributed by atoms with van der Waals surface area (Å²) in [6, 6.07) is 10.7. The van der Waals surface area contributed by atoms with E-state index in [1.807, 2.05) is 25.1 Å². The standard InChI is InChI=1S/C17H19FO2.C2H4O2/c1-4-13-6-5-7-16(19-3)14(13)11-20-17-10-12(2)8-9-15(17)18;1-4-2-3/h5-10H,4,11H2,1-3H3;2H,1H3. The van der Waals surface area contributed by atoms with Crippen LogP contribution in [0.3, 0.4) is 0 Å². The van der Waals surface area contributed by atoms with Crippen molar-refractivity contribution in [3.8, 4) is 11.5 Å². The monoisotopic (exact) mass is 334 g/mol. The molecule has 0 atom stereocenters. The average molecular weight is 334 g/mol. The van der Waals surface area contributed by atoms with Crippen molar-refractivity contribution >= 4 is 6.47 Å². The lowest BCUT2D eigenvalue weighted by Gasteiger charge is -2.14. The van der Waals surface area contributed by atoms with Gasteiger partial charge in [-0.3, -0.25) is 4.79 Å². The third-order valence-electron chi connectivity index (χ3n) is 3.39. The maximum Gasteiger partial charge on any atom is 0.292 e. The third-order valence-corrected chi connectivity index (χ3v) is 3.39. The van der Waals surface area contributed by atoms with Crippen LogP contribution in [0.2, 0.25) is 0 Å². The fourth-order valence-electron chi connectivity index (χ4n) is 2.17. The van der Waals surface area contributed by atoms with Crippen molar-refractivity contribution in [2.75, 3.05) is 14.2 Å². The number of ether oxygens (including phenoxy) is 3. The quantitative estimate of drug-likeness (QED) is 0.747. The van der Waals surface area contributed by atoms with Gasteiger partial charge in [-0.2, -0.15) is 0 Å². The van der Waals surface area contributed by atoms with Crippen molar-refractivity contribution < 1.29 is 23.4 Å². The number of methoxy groups -OCH3 is 2. The van der Waals surface area contributed by atoms with E-state index < -0.39 is 0 Å². The Balaban J connectivity index is 0.000000648. The Labute approximate surface area is 142 Å². The van der Waals surface area contributed by atoms with Gasteiger partial charge in [-0.1, -0.05) is 25.1 Å². The van der Waals surface area contributed by atoms with E-state index in [1.54, 1.807) is 19.2 Å². The molecule has 0 N–H and O–H groups in total. The van der Waals surface area contributed by atoms with Crippen LogP contribution in [0.5, 0.6) is 11.5 Å². The lowest BCUT2D eigenvalue weighted by atomic mass is 10.0. The highest BCUT2D eigenvalue weighted by molar-refractivity contribution is 5.40. The molecule has 0 saturated carbocycles. The number of carbonyl (C=O) groups excluding carboxylic acids is 1. The summed E-state index contributed by atoms with van der Waals surface area (Å²) in [5.74, 6) is 0.707. The minimum absolute atomic E-state index is 0.276. The summed E-state index contributed by atoms with van der Waals surface area (Å²) in [6.45, 7) is 4.66. The van der Waals surface area contributed by atoms with Crippen LogP contribution in [-0.2, 0) is 22.6 Å². The van der Waals surface area contributed by atoms with Gasteiger partial charge in [0.2, 0.25) is 0 Å². The fourth-order valence-corrected chi connectivity index (χ4v) is 2.17. The SMILES string of the molecule is CCc1cccc(OC)c1COc1cc(C)ccc1F.COC=O. The number of aryl methyl sites for hydroxylation is 2. The second-order valence-electron chi connectivity index (χ2n) is 5.01. The van der Waals surface area contributed by atoms with E-state index >= 15 is 0 Å². The molecule has 0 amide bonds. The fraction of sp³-hybridized carbons (Fsp3) is 0.316. The summed E-state index contributed by atoms with van der Waals surface area (Å²) in [5.41, 5.74) is 3.09. The molecule has 130 valence electrons. The van der Waals surface area contributed by atoms with Crippen LogP contribution in [0.4, 0.5) is 4.39 Å². The Bertz CT molecular complexity index is 634. The van der Waals surface area contributed by atoms with Crippen molar-refractivity contribution in [1.82, 2.24) is 0 Å². The van der Waals surface area contributed by atoms with Gasteiger partial charge >= 0.3 is 0 Å². The predicted octanol–water partition coefficient (Wildman–Crippen LogP) is 4.07. The average Bonchev–Trinajstić information content (AvgIpc) is 2.62. The Morgan fingerprint density at radius 3 is 2.42 bits per heavy atom. The molecule has 5 heteroatoms. The van der Waals surface area contributed by atoms with E-state index in [9.17, 15) is 4.39 Å². The second-order valence-corrected chi connectivity index (χ2v) is 5.01. The van der Waals surface area contributed by atoms with Crippen LogP contribution < -0.4 is 9.47 Å². The van der Waals surface area contributed by atoms with E-state index in [2.05, 4.69) is 11.7 Å². The summed E-state index contributed by atoms with van der Waals surface area (Å²) in [6.07, 6.45) is 0.881. The lowest BCUT2D eigenvalue weighted by molar-refractivity contribution is -0.126. The third kappa shape index (κ3) is 5.57. The highest BCUT2D eigenvalue weighted by Crippen LogP contribution is 2.26. The van der Waals surface area contributed by atoms with Gasteiger partial charge < -0.3 is 14.2 Å². The Kier molecular flexibility index (Phi) is 8.33. The molecule has 0 unspecified atom stereocenters. The predicted molar refractivity (Wildman–Crippen MR) is 90.9 cm³/mol. The number of halogens is 1. The summed E-state index contributed by atoms with van der Waals surface area (Å²) >= 11 is 0. The first-order valence-electron chi connectivity index (χ1n) is 7.57. The number of benzene rings is 2. The maximum absolute atomic E-state index is 13.7. The van der Waals surface area contributed by atoms with E-state index in [0.29, 0.717) is 13.1 Å². The van der Waals surface area contributed by atoms with Gasteiger partial charge in [0.05, 0.1) is 14.2 Å². The van der Waals surface area contributed by atoms with Gasteiger partial charge in [0, 0.05) is 5.56 Å². The molecule has 0 bridgehead atoms. The first-order chi connectivity index (χ1) is 11.6. The van der Waals surface area contributed by atoms with E-state index in [-0.39, 0.29) is 11.6 Å². The molecule has 0 heterocycles. The van der Waals surface area contributed by atoms with Gasteiger partial charge in [0.1, 0.15) is 12.4 Å². The summed E-state index contributed by atoms with van der Waals surface area (Å²) in [4.78, 5) is 8.95. The normalized spacial score (nSPS) is 9.54. The van der Waals surface area contributed by atoms with Crippen LogP contribution >= 0.6 is 0 Å². The molecule has 0 fully saturated rings. The molecular weight excluding hydrogens is 311 g/mol. The van der Waals surface area contributed by atoms with E-state index in [1.165, 1.54) is 13.2 Å². The molecule has 0 aliphatic rings. The second kappa shape index (κ2) is 10.3. The van der Waals surface area contributed by atoms with Crippen molar-refractivity contribution in [3.05, 3.63) is 58.9 Å². The number of rotatable bonds is 6. The van der Waals surface area contributed by atoms with Crippen molar-refractivity contribution in [3.63, 3.8) is 0 Å². The number of hydrogen-bond donors (Lipinski definition) is 0. The minimum Gasteiger partial charge on any atom is -0.496 e. The zero-order chi connectivity index (χ0) is 17.9. The molecule has 0 aliphatic carbocycles. The zero-order valence-electron chi connectivity index (χ0n) is 14.5.